The van der Waals surface area contributed by atoms with E-state index in [0.717, 1.165) is 0 Å². The SMILES string of the molecule is CNCC(O)CC(=O)OC(C)(C)C. The molecule has 0 aromatic carbocycles. The molecule has 0 spiro atoms. The zero-order valence-electron chi connectivity index (χ0n) is 8.76. The number of aliphatic hydroxyl groups is 1. The molecule has 0 heterocycles. The Balaban J connectivity index is 3.74. The highest BCUT2D eigenvalue weighted by atomic mass is 16.6. The van der Waals surface area contributed by atoms with Crippen LogP contribution in [0.3, 0.4) is 0 Å². The minimum atomic E-state index is -0.667. The lowest BCUT2D eigenvalue weighted by Gasteiger charge is -2.20. The Morgan fingerprint density at radius 1 is 1.54 bits per heavy atom. The predicted molar refractivity (Wildman–Crippen MR) is 50.4 cm³/mol. The van der Waals surface area contributed by atoms with E-state index in [1.807, 2.05) is 0 Å². The summed E-state index contributed by atoms with van der Waals surface area (Å²) in [7, 11) is 1.72. The number of carbonyl (C=O) groups excluding carboxylic acids is 1. The summed E-state index contributed by atoms with van der Waals surface area (Å²) in [4.78, 5) is 11.1. The van der Waals surface area contributed by atoms with Gasteiger partial charge < -0.3 is 15.2 Å². The molecule has 4 nitrogen and oxygen atoms in total. The molecule has 0 bridgehead atoms. The Labute approximate surface area is 79.3 Å². The highest BCUT2D eigenvalue weighted by molar-refractivity contribution is 5.70. The van der Waals surface area contributed by atoms with Crippen molar-refractivity contribution in [2.45, 2.75) is 38.9 Å². The normalized spacial score (nSPS) is 13.9. The molecule has 78 valence electrons. The molecular weight excluding hydrogens is 170 g/mol. The largest absolute Gasteiger partial charge is 0.460 e. The summed E-state index contributed by atoms with van der Waals surface area (Å²) in [5.74, 6) is -0.366. The van der Waals surface area contributed by atoms with E-state index in [0.29, 0.717) is 6.54 Å². The van der Waals surface area contributed by atoms with Gasteiger partial charge in [-0.15, -0.1) is 0 Å². The Morgan fingerprint density at radius 2 is 2.08 bits per heavy atom. The van der Waals surface area contributed by atoms with Gasteiger partial charge in [0.25, 0.3) is 0 Å². The maximum absolute atomic E-state index is 11.1. The van der Waals surface area contributed by atoms with Crippen molar-refractivity contribution in [3.8, 4) is 0 Å². The molecule has 0 aliphatic carbocycles. The lowest BCUT2D eigenvalue weighted by molar-refractivity contribution is -0.156. The molecule has 0 fully saturated rings. The topological polar surface area (TPSA) is 58.6 Å². The van der Waals surface area contributed by atoms with E-state index in [2.05, 4.69) is 5.32 Å². The van der Waals surface area contributed by atoms with E-state index in [-0.39, 0.29) is 12.4 Å². The van der Waals surface area contributed by atoms with Crippen molar-refractivity contribution >= 4 is 5.97 Å². The second kappa shape index (κ2) is 5.19. The summed E-state index contributed by atoms with van der Waals surface area (Å²) < 4.78 is 5.03. The van der Waals surface area contributed by atoms with Crippen molar-refractivity contribution in [1.82, 2.24) is 5.32 Å². The molecule has 13 heavy (non-hydrogen) atoms. The van der Waals surface area contributed by atoms with Crippen molar-refractivity contribution in [2.75, 3.05) is 13.6 Å². The Bertz CT molecular complexity index is 163. The van der Waals surface area contributed by atoms with Crippen LogP contribution in [0.15, 0.2) is 0 Å². The van der Waals surface area contributed by atoms with Crippen LogP contribution >= 0.6 is 0 Å². The van der Waals surface area contributed by atoms with E-state index in [1.165, 1.54) is 0 Å². The van der Waals surface area contributed by atoms with E-state index >= 15 is 0 Å². The third-order valence-electron chi connectivity index (χ3n) is 1.26. The molecule has 0 aromatic rings. The zero-order valence-corrected chi connectivity index (χ0v) is 8.76. The first-order chi connectivity index (χ1) is 5.85. The number of carbonyl (C=O) groups is 1. The van der Waals surface area contributed by atoms with Crippen molar-refractivity contribution in [1.29, 1.82) is 0 Å². The number of likely N-dealkylation sites (N-methyl/N-ethyl adjacent to an activating group) is 1. The van der Waals surface area contributed by atoms with Crippen LogP contribution in [-0.4, -0.2) is 36.4 Å². The average Bonchev–Trinajstić information content (AvgIpc) is 1.81. The molecule has 4 heteroatoms. The molecule has 1 atom stereocenters. The van der Waals surface area contributed by atoms with Gasteiger partial charge in [0, 0.05) is 6.54 Å². The fourth-order valence-corrected chi connectivity index (χ4v) is 0.883. The summed E-state index contributed by atoms with van der Waals surface area (Å²) in [5, 5.41) is 12.0. The third-order valence-corrected chi connectivity index (χ3v) is 1.26. The van der Waals surface area contributed by atoms with Crippen LogP contribution in [0.1, 0.15) is 27.2 Å². The number of esters is 1. The fourth-order valence-electron chi connectivity index (χ4n) is 0.883. The summed E-state index contributed by atoms with van der Waals surface area (Å²) in [5.41, 5.74) is -0.476. The maximum Gasteiger partial charge on any atom is 0.308 e. The number of ether oxygens (including phenoxy) is 1. The number of nitrogens with one attached hydrogen (secondary N) is 1. The van der Waals surface area contributed by atoms with Crippen LogP contribution < -0.4 is 5.32 Å². The van der Waals surface area contributed by atoms with E-state index in [1.54, 1.807) is 27.8 Å². The lowest BCUT2D eigenvalue weighted by atomic mass is 10.2. The summed E-state index contributed by atoms with van der Waals surface area (Å²) in [6.45, 7) is 5.80. The summed E-state index contributed by atoms with van der Waals surface area (Å²) >= 11 is 0. The van der Waals surface area contributed by atoms with E-state index in [9.17, 15) is 9.90 Å². The minimum Gasteiger partial charge on any atom is -0.460 e. The first kappa shape index (κ1) is 12.4. The van der Waals surface area contributed by atoms with Gasteiger partial charge in [0.15, 0.2) is 0 Å². The second-order valence-corrected chi connectivity index (χ2v) is 4.00. The van der Waals surface area contributed by atoms with Gasteiger partial charge in [0.05, 0.1) is 12.5 Å². The van der Waals surface area contributed by atoms with Crippen molar-refractivity contribution in [3.63, 3.8) is 0 Å². The van der Waals surface area contributed by atoms with E-state index in [4.69, 9.17) is 4.74 Å². The van der Waals surface area contributed by atoms with Crippen molar-refractivity contribution in [3.05, 3.63) is 0 Å². The first-order valence-corrected chi connectivity index (χ1v) is 4.39. The molecule has 0 radical (unpaired) electrons. The second-order valence-electron chi connectivity index (χ2n) is 4.00. The molecule has 0 amide bonds. The van der Waals surface area contributed by atoms with Crippen LogP contribution in [0.4, 0.5) is 0 Å². The van der Waals surface area contributed by atoms with Gasteiger partial charge in [-0.1, -0.05) is 0 Å². The van der Waals surface area contributed by atoms with E-state index < -0.39 is 11.7 Å². The average molecular weight is 189 g/mol. The molecule has 0 saturated heterocycles. The summed E-state index contributed by atoms with van der Waals surface area (Å²) in [6.07, 6.45) is -0.627. The van der Waals surface area contributed by atoms with Gasteiger partial charge in [0.1, 0.15) is 5.60 Å². The fraction of sp³-hybridized carbons (Fsp3) is 0.889. The zero-order chi connectivity index (χ0) is 10.5. The highest BCUT2D eigenvalue weighted by Gasteiger charge is 2.18. The molecular formula is C9H19NO3. The quantitative estimate of drug-likeness (QED) is 0.624. The Kier molecular flexibility index (Phi) is 4.95. The number of rotatable bonds is 4. The van der Waals surface area contributed by atoms with Gasteiger partial charge in [-0.3, -0.25) is 4.79 Å². The molecule has 2 N–H and O–H groups in total. The first-order valence-electron chi connectivity index (χ1n) is 4.39. The highest BCUT2D eigenvalue weighted by Crippen LogP contribution is 2.08. The molecule has 1 unspecified atom stereocenters. The van der Waals surface area contributed by atoms with Gasteiger partial charge >= 0.3 is 5.97 Å². The smallest absolute Gasteiger partial charge is 0.308 e. The molecule has 0 saturated carbocycles. The molecule has 0 rings (SSSR count). The van der Waals surface area contributed by atoms with Gasteiger partial charge in [-0.2, -0.15) is 0 Å². The minimum absolute atomic E-state index is 0.0398. The lowest BCUT2D eigenvalue weighted by Crippen LogP contribution is -2.30. The van der Waals surface area contributed by atoms with Crippen molar-refractivity contribution < 1.29 is 14.6 Å². The van der Waals surface area contributed by atoms with Gasteiger partial charge in [0.2, 0.25) is 0 Å². The Hall–Kier alpha value is -0.610. The van der Waals surface area contributed by atoms with Crippen LogP contribution in [0.5, 0.6) is 0 Å². The van der Waals surface area contributed by atoms with Crippen LogP contribution in [0, 0.1) is 0 Å². The van der Waals surface area contributed by atoms with Crippen LogP contribution in [0.2, 0.25) is 0 Å². The summed E-state index contributed by atoms with van der Waals surface area (Å²) in [6, 6.07) is 0. The number of aliphatic hydroxyl groups excluding tert-OH is 1. The van der Waals surface area contributed by atoms with Gasteiger partial charge in [-0.05, 0) is 27.8 Å². The number of hydrogen-bond acceptors (Lipinski definition) is 4. The standard InChI is InChI=1S/C9H19NO3/c1-9(2,3)13-8(12)5-7(11)6-10-4/h7,10-11H,5-6H2,1-4H3. The van der Waals surface area contributed by atoms with Crippen molar-refractivity contribution in [2.24, 2.45) is 0 Å². The molecule has 0 aliphatic rings. The van der Waals surface area contributed by atoms with Gasteiger partial charge in [-0.25, -0.2) is 0 Å². The monoisotopic (exact) mass is 189 g/mol. The third kappa shape index (κ3) is 7.74. The predicted octanol–water partition coefficient (Wildman–Crippen LogP) is 0.298. The molecule has 0 aliphatic heterocycles. The maximum atomic E-state index is 11.1. The molecule has 0 aromatic heterocycles. The Morgan fingerprint density at radius 3 is 2.46 bits per heavy atom. The van der Waals surface area contributed by atoms with Crippen LogP contribution in [-0.2, 0) is 9.53 Å². The van der Waals surface area contributed by atoms with Crippen LogP contribution in [0.25, 0.3) is 0 Å². The number of hydrogen-bond donors (Lipinski definition) is 2.